The molecule has 88 valence electrons. The van der Waals surface area contributed by atoms with Crippen LogP contribution in [0.3, 0.4) is 0 Å². The van der Waals surface area contributed by atoms with Gasteiger partial charge in [-0.2, -0.15) is 0 Å². The first-order chi connectivity index (χ1) is 7.24. The summed E-state index contributed by atoms with van der Waals surface area (Å²) in [6, 6.07) is 0. The van der Waals surface area contributed by atoms with Gasteiger partial charge in [0.25, 0.3) is 0 Å². The second-order valence-corrected chi connectivity index (χ2v) is 5.26. The minimum absolute atomic E-state index is 0.650. The number of hydrogen-bond acceptors (Lipinski definition) is 4. The number of hydrogen-bond donors (Lipinski definition) is 0. The minimum Gasteiger partial charge on any atom is -0.382 e. The first-order valence-corrected chi connectivity index (χ1v) is 6.30. The molecule has 0 fully saturated rings. The number of ether oxygens (including phenoxy) is 2. The highest BCUT2D eigenvalue weighted by Gasteiger charge is 2.19. The normalized spacial score (nSPS) is 17.8. The van der Waals surface area contributed by atoms with Crippen LogP contribution in [0, 0.1) is 0 Å². The van der Waals surface area contributed by atoms with Gasteiger partial charge in [-0.3, -0.25) is 0 Å². The number of halogens is 2. The molecule has 0 saturated carbocycles. The van der Waals surface area contributed by atoms with Crippen molar-refractivity contribution in [1.82, 2.24) is 4.31 Å². The van der Waals surface area contributed by atoms with Gasteiger partial charge in [-0.05, 0) is 18.4 Å². The molecule has 0 radical (unpaired) electrons. The predicted octanol–water partition coefficient (Wildman–Crippen LogP) is 2.65. The van der Waals surface area contributed by atoms with E-state index in [1.807, 2.05) is 0 Å². The molecular weight excluding hydrogens is 257 g/mol. The molecule has 0 amide bonds. The number of rotatable bonds is 7. The van der Waals surface area contributed by atoms with Crippen molar-refractivity contribution in [3.8, 4) is 0 Å². The summed E-state index contributed by atoms with van der Waals surface area (Å²) in [4.78, 5) is 0. The third-order valence-corrected chi connectivity index (χ3v) is 3.79. The molecule has 1 aliphatic heterocycles. The fourth-order valence-electron chi connectivity index (χ4n) is 1.12. The van der Waals surface area contributed by atoms with Gasteiger partial charge in [-0.15, -0.1) is 0 Å². The van der Waals surface area contributed by atoms with Crippen LogP contribution >= 0.6 is 35.1 Å². The maximum absolute atomic E-state index is 5.88. The van der Waals surface area contributed by atoms with Crippen LogP contribution < -0.4 is 0 Å². The molecule has 0 aliphatic carbocycles. The summed E-state index contributed by atoms with van der Waals surface area (Å²) in [6.45, 7) is 3.73. The Bertz CT molecular complexity index is 212. The van der Waals surface area contributed by atoms with Gasteiger partial charge in [0, 0.05) is 26.8 Å². The van der Waals surface area contributed by atoms with Crippen molar-refractivity contribution in [1.29, 1.82) is 0 Å². The Morgan fingerprint density at radius 1 is 1.33 bits per heavy atom. The van der Waals surface area contributed by atoms with Crippen LogP contribution in [0.4, 0.5) is 0 Å². The molecule has 1 rings (SSSR count). The SMILES string of the molecule is COCCOCCCN1CC(Cl)=C(Cl)S1. The third-order valence-electron chi connectivity index (χ3n) is 1.87. The lowest BCUT2D eigenvalue weighted by molar-refractivity contribution is 0.0682. The zero-order valence-electron chi connectivity index (χ0n) is 8.67. The van der Waals surface area contributed by atoms with Gasteiger partial charge >= 0.3 is 0 Å². The molecule has 0 aromatic carbocycles. The summed E-state index contributed by atoms with van der Waals surface area (Å²) < 4.78 is 13.0. The minimum atomic E-state index is 0.650. The van der Waals surface area contributed by atoms with Crippen LogP contribution in [0.1, 0.15) is 6.42 Å². The Balaban J connectivity index is 1.94. The summed E-state index contributed by atoms with van der Waals surface area (Å²) >= 11 is 13.2. The Kier molecular flexibility index (Phi) is 7.05. The van der Waals surface area contributed by atoms with Crippen LogP contribution in [0.2, 0.25) is 0 Å². The molecule has 0 N–H and O–H groups in total. The van der Waals surface area contributed by atoms with E-state index in [0.29, 0.717) is 17.6 Å². The summed E-state index contributed by atoms with van der Waals surface area (Å²) in [5.74, 6) is 0. The van der Waals surface area contributed by atoms with Crippen molar-refractivity contribution in [3.05, 3.63) is 9.40 Å². The molecule has 1 aliphatic rings. The molecule has 0 aromatic heterocycles. The van der Waals surface area contributed by atoms with E-state index in [1.165, 1.54) is 11.9 Å². The monoisotopic (exact) mass is 271 g/mol. The molecule has 0 aromatic rings. The van der Waals surface area contributed by atoms with Gasteiger partial charge in [0.2, 0.25) is 0 Å². The van der Waals surface area contributed by atoms with Gasteiger partial charge in [0.1, 0.15) is 4.36 Å². The summed E-state index contributed by atoms with van der Waals surface area (Å²) in [5, 5.41) is 0.738. The molecule has 0 bridgehead atoms. The van der Waals surface area contributed by atoms with E-state index in [2.05, 4.69) is 4.31 Å². The second-order valence-electron chi connectivity index (χ2n) is 3.09. The molecule has 0 saturated heterocycles. The van der Waals surface area contributed by atoms with Crippen molar-refractivity contribution in [2.24, 2.45) is 0 Å². The lowest BCUT2D eigenvalue weighted by atomic mass is 10.4. The third kappa shape index (κ3) is 5.43. The Hall–Kier alpha value is 0.550. The van der Waals surface area contributed by atoms with Gasteiger partial charge in [-0.25, -0.2) is 4.31 Å². The fourth-order valence-corrected chi connectivity index (χ4v) is 2.60. The molecule has 6 heteroatoms. The highest BCUT2D eigenvalue weighted by Crippen LogP contribution is 2.37. The van der Waals surface area contributed by atoms with Gasteiger partial charge in [0.05, 0.1) is 18.2 Å². The highest BCUT2D eigenvalue weighted by atomic mass is 35.5. The van der Waals surface area contributed by atoms with E-state index in [-0.39, 0.29) is 0 Å². The van der Waals surface area contributed by atoms with Crippen molar-refractivity contribution in [2.75, 3.05) is 40.0 Å². The Morgan fingerprint density at radius 3 is 2.73 bits per heavy atom. The molecule has 0 atom stereocenters. The maximum Gasteiger partial charge on any atom is 0.105 e. The topological polar surface area (TPSA) is 21.7 Å². The number of methoxy groups -OCH3 is 1. The van der Waals surface area contributed by atoms with Gasteiger partial charge in [0.15, 0.2) is 0 Å². The number of nitrogens with zero attached hydrogens (tertiary/aromatic N) is 1. The molecule has 1 heterocycles. The maximum atomic E-state index is 5.88. The van der Waals surface area contributed by atoms with E-state index >= 15 is 0 Å². The molecule has 3 nitrogen and oxygen atoms in total. The first kappa shape index (κ1) is 13.6. The Labute approximate surface area is 105 Å². The van der Waals surface area contributed by atoms with E-state index in [4.69, 9.17) is 32.7 Å². The zero-order valence-corrected chi connectivity index (χ0v) is 11.0. The Morgan fingerprint density at radius 2 is 2.13 bits per heavy atom. The van der Waals surface area contributed by atoms with E-state index in [1.54, 1.807) is 7.11 Å². The van der Waals surface area contributed by atoms with E-state index in [9.17, 15) is 0 Å². The quantitative estimate of drug-likeness (QED) is 0.524. The lowest BCUT2D eigenvalue weighted by Gasteiger charge is -2.13. The zero-order chi connectivity index (χ0) is 11.1. The molecular formula is C9H15Cl2NO2S. The van der Waals surface area contributed by atoms with Gasteiger partial charge in [-0.1, -0.05) is 23.2 Å². The van der Waals surface area contributed by atoms with E-state index < -0.39 is 0 Å². The predicted molar refractivity (Wildman–Crippen MR) is 65.2 cm³/mol. The average Bonchev–Trinajstić information content (AvgIpc) is 2.52. The lowest BCUT2D eigenvalue weighted by Crippen LogP contribution is -2.16. The average molecular weight is 272 g/mol. The fraction of sp³-hybridized carbons (Fsp3) is 0.778. The first-order valence-electron chi connectivity index (χ1n) is 4.77. The largest absolute Gasteiger partial charge is 0.382 e. The van der Waals surface area contributed by atoms with Crippen molar-refractivity contribution in [3.63, 3.8) is 0 Å². The summed E-state index contributed by atoms with van der Waals surface area (Å²) in [5.41, 5.74) is 0. The highest BCUT2D eigenvalue weighted by molar-refractivity contribution is 8.02. The standard InChI is InChI=1S/C9H15Cl2NO2S/c1-13-5-6-14-4-2-3-12-7-8(10)9(11)15-12/h2-7H2,1H3. The van der Waals surface area contributed by atoms with Crippen LogP contribution in [0.25, 0.3) is 0 Å². The van der Waals surface area contributed by atoms with E-state index in [0.717, 1.165) is 31.1 Å². The smallest absolute Gasteiger partial charge is 0.105 e. The van der Waals surface area contributed by atoms with Crippen molar-refractivity contribution in [2.45, 2.75) is 6.42 Å². The summed E-state index contributed by atoms with van der Waals surface area (Å²) in [7, 11) is 1.67. The van der Waals surface area contributed by atoms with Gasteiger partial charge < -0.3 is 9.47 Å². The molecule has 15 heavy (non-hydrogen) atoms. The second kappa shape index (κ2) is 7.76. The van der Waals surface area contributed by atoms with Crippen LogP contribution in [0.15, 0.2) is 9.40 Å². The van der Waals surface area contributed by atoms with Crippen LogP contribution in [-0.2, 0) is 9.47 Å². The molecule has 0 unspecified atom stereocenters. The van der Waals surface area contributed by atoms with Crippen molar-refractivity contribution < 1.29 is 9.47 Å². The van der Waals surface area contributed by atoms with Crippen molar-refractivity contribution >= 4 is 35.1 Å². The van der Waals surface area contributed by atoms with Crippen LogP contribution in [0.5, 0.6) is 0 Å². The summed E-state index contributed by atoms with van der Waals surface area (Å²) in [6.07, 6.45) is 0.977. The molecule has 0 spiro atoms. The van der Waals surface area contributed by atoms with Crippen LogP contribution in [-0.4, -0.2) is 44.3 Å².